The van der Waals surface area contributed by atoms with Crippen LogP contribution in [0.3, 0.4) is 0 Å². The van der Waals surface area contributed by atoms with Crippen LogP contribution in [-0.4, -0.2) is 16.5 Å². The fourth-order valence-corrected chi connectivity index (χ4v) is 2.11. The number of hydrogen-bond donors (Lipinski definition) is 2. The van der Waals surface area contributed by atoms with Gasteiger partial charge in [-0.1, -0.05) is 6.92 Å². The van der Waals surface area contributed by atoms with Crippen molar-refractivity contribution in [2.24, 2.45) is 0 Å². The van der Waals surface area contributed by atoms with Crippen LogP contribution >= 0.6 is 22.6 Å². The smallest absolute Gasteiger partial charge is 0.151 e. The molecule has 2 aromatic rings. The zero-order chi connectivity index (χ0) is 13.7. The molecule has 0 spiro atoms. The van der Waals surface area contributed by atoms with E-state index in [-0.39, 0.29) is 5.82 Å². The van der Waals surface area contributed by atoms with E-state index in [0.717, 1.165) is 28.0 Å². The summed E-state index contributed by atoms with van der Waals surface area (Å²) in [6, 6.07) is 4.57. The van der Waals surface area contributed by atoms with Gasteiger partial charge in [-0.2, -0.15) is 0 Å². The van der Waals surface area contributed by atoms with Gasteiger partial charge in [-0.25, -0.2) is 9.37 Å². The Labute approximate surface area is 125 Å². The summed E-state index contributed by atoms with van der Waals surface area (Å²) in [5.74, 6) is 1.11. The molecule has 0 atom stereocenters. The molecule has 0 unspecified atom stereocenters. The lowest BCUT2D eigenvalue weighted by Gasteiger charge is -2.09. The quantitative estimate of drug-likeness (QED) is 0.785. The monoisotopic (exact) mass is 372 g/mol. The molecule has 1 aromatic heterocycles. The highest BCUT2D eigenvalue weighted by Gasteiger charge is 2.04. The van der Waals surface area contributed by atoms with Crippen molar-refractivity contribution >= 4 is 39.9 Å². The van der Waals surface area contributed by atoms with Gasteiger partial charge in [-0.3, -0.25) is 4.98 Å². The highest BCUT2D eigenvalue weighted by Crippen LogP contribution is 2.22. The maximum absolute atomic E-state index is 13.0. The fourth-order valence-electron chi connectivity index (χ4n) is 1.49. The molecule has 4 nitrogen and oxygen atoms in total. The number of nitrogens with zero attached hydrogens (tertiary/aromatic N) is 2. The average Bonchev–Trinajstić information content (AvgIpc) is 2.40. The molecule has 2 N–H and O–H groups in total. The zero-order valence-corrected chi connectivity index (χ0v) is 12.6. The molecule has 6 heteroatoms. The molecule has 0 saturated heterocycles. The van der Waals surface area contributed by atoms with Gasteiger partial charge in [-0.15, -0.1) is 0 Å². The number of rotatable bonds is 5. The molecule has 0 aliphatic heterocycles. The second-order valence-corrected chi connectivity index (χ2v) is 5.13. The summed E-state index contributed by atoms with van der Waals surface area (Å²) in [6.07, 6.45) is 4.34. The largest absolute Gasteiger partial charge is 0.369 e. The Balaban J connectivity index is 2.14. The summed E-state index contributed by atoms with van der Waals surface area (Å²) in [6.45, 7) is 2.94. The van der Waals surface area contributed by atoms with Crippen LogP contribution in [0.1, 0.15) is 13.3 Å². The van der Waals surface area contributed by atoms with Crippen molar-refractivity contribution in [2.45, 2.75) is 13.3 Å². The second kappa shape index (κ2) is 6.65. The van der Waals surface area contributed by atoms with E-state index in [1.54, 1.807) is 18.5 Å². The van der Waals surface area contributed by atoms with Crippen LogP contribution in [0.5, 0.6) is 0 Å². The Hall–Kier alpha value is -1.44. The van der Waals surface area contributed by atoms with Crippen molar-refractivity contribution in [1.82, 2.24) is 9.97 Å². The van der Waals surface area contributed by atoms with Crippen LogP contribution in [0, 0.1) is 9.39 Å². The third kappa shape index (κ3) is 4.02. The highest BCUT2D eigenvalue weighted by molar-refractivity contribution is 14.1. The molecule has 0 aliphatic carbocycles. The van der Waals surface area contributed by atoms with E-state index < -0.39 is 0 Å². The molecule has 1 aromatic carbocycles. The molecule has 0 amide bonds. The molecule has 2 rings (SSSR count). The molecule has 0 radical (unpaired) electrons. The minimum absolute atomic E-state index is 0.251. The lowest BCUT2D eigenvalue weighted by molar-refractivity contribution is 0.627. The first-order valence-electron chi connectivity index (χ1n) is 5.97. The lowest BCUT2D eigenvalue weighted by atomic mass is 10.3. The Morgan fingerprint density at radius 3 is 2.79 bits per heavy atom. The predicted octanol–water partition coefficient (Wildman–Crippen LogP) is 3.79. The van der Waals surface area contributed by atoms with E-state index in [1.165, 1.54) is 12.1 Å². The Morgan fingerprint density at radius 2 is 2.05 bits per heavy atom. The molecular formula is C13H14FIN4. The first kappa shape index (κ1) is 14.0. The van der Waals surface area contributed by atoms with Crippen LogP contribution in [0.4, 0.5) is 21.7 Å². The molecule has 19 heavy (non-hydrogen) atoms. The van der Waals surface area contributed by atoms with E-state index in [4.69, 9.17) is 0 Å². The number of aromatic nitrogens is 2. The van der Waals surface area contributed by atoms with Gasteiger partial charge in [0.15, 0.2) is 5.82 Å². The first-order valence-corrected chi connectivity index (χ1v) is 7.05. The van der Waals surface area contributed by atoms with E-state index in [1.807, 2.05) is 0 Å². The third-order valence-corrected chi connectivity index (χ3v) is 3.28. The summed E-state index contributed by atoms with van der Waals surface area (Å²) in [4.78, 5) is 8.50. The molecule has 0 bridgehead atoms. The number of anilines is 3. The molecule has 100 valence electrons. The van der Waals surface area contributed by atoms with Crippen LogP contribution in [0.2, 0.25) is 0 Å². The van der Waals surface area contributed by atoms with Gasteiger partial charge in [0.2, 0.25) is 0 Å². The Bertz CT molecular complexity index is 562. The normalized spacial score (nSPS) is 10.3. The van der Waals surface area contributed by atoms with Gasteiger partial charge < -0.3 is 10.6 Å². The van der Waals surface area contributed by atoms with Gasteiger partial charge >= 0.3 is 0 Å². The van der Waals surface area contributed by atoms with Crippen LogP contribution < -0.4 is 10.6 Å². The number of benzene rings is 1. The van der Waals surface area contributed by atoms with Crippen molar-refractivity contribution in [3.05, 3.63) is 40.0 Å². The van der Waals surface area contributed by atoms with E-state index >= 15 is 0 Å². The maximum Gasteiger partial charge on any atom is 0.151 e. The van der Waals surface area contributed by atoms with E-state index in [2.05, 4.69) is 50.1 Å². The summed E-state index contributed by atoms with van der Waals surface area (Å²) in [5, 5.41) is 6.30. The van der Waals surface area contributed by atoms with Gasteiger partial charge in [0, 0.05) is 10.1 Å². The summed E-state index contributed by atoms with van der Waals surface area (Å²) >= 11 is 2.08. The van der Waals surface area contributed by atoms with E-state index in [0.29, 0.717) is 5.82 Å². The second-order valence-electron chi connectivity index (χ2n) is 3.97. The highest BCUT2D eigenvalue weighted by atomic mass is 127. The molecule has 0 saturated carbocycles. The lowest BCUT2D eigenvalue weighted by Crippen LogP contribution is -2.04. The van der Waals surface area contributed by atoms with Gasteiger partial charge in [-0.05, 0) is 47.2 Å². The fraction of sp³-hybridized carbons (Fsp3) is 0.231. The maximum atomic E-state index is 13.0. The molecule has 1 heterocycles. The van der Waals surface area contributed by atoms with Gasteiger partial charge in [0.25, 0.3) is 0 Å². The van der Waals surface area contributed by atoms with Crippen LogP contribution in [0.25, 0.3) is 0 Å². The standard InChI is InChI=1S/C13H14FIN4/c1-2-5-17-12-7-16-8-13(19-12)18-11-4-3-9(14)6-10(11)15/h3-4,6-8H,2,5H2,1H3,(H2,17,18,19). The minimum Gasteiger partial charge on any atom is -0.369 e. The number of hydrogen-bond acceptors (Lipinski definition) is 4. The van der Waals surface area contributed by atoms with Crippen molar-refractivity contribution in [3.8, 4) is 0 Å². The first-order chi connectivity index (χ1) is 9.19. The van der Waals surface area contributed by atoms with Crippen LogP contribution in [-0.2, 0) is 0 Å². The topological polar surface area (TPSA) is 49.8 Å². The third-order valence-electron chi connectivity index (χ3n) is 2.38. The summed E-state index contributed by atoms with van der Waals surface area (Å²) < 4.78 is 13.8. The van der Waals surface area contributed by atoms with Gasteiger partial charge in [0.05, 0.1) is 18.1 Å². The average molecular weight is 372 g/mol. The summed E-state index contributed by atoms with van der Waals surface area (Å²) in [5.41, 5.74) is 0.809. The van der Waals surface area contributed by atoms with E-state index in [9.17, 15) is 4.39 Å². The van der Waals surface area contributed by atoms with Crippen molar-refractivity contribution in [1.29, 1.82) is 0 Å². The van der Waals surface area contributed by atoms with Crippen molar-refractivity contribution in [2.75, 3.05) is 17.2 Å². The minimum atomic E-state index is -0.251. The molecule has 0 fully saturated rings. The number of halogens is 2. The van der Waals surface area contributed by atoms with Crippen molar-refractivity contribution < 1.29 is 4.39 Å². The molecule has 0 aliphatic rings. The Morgan fingerprint density at radius 1 is 1.26 bits per heavy atom. The van der Waals surface area contributed by atoms with Crippen molar-refractivity contribution in [3.63, 3.8) is 0 Å². The SMILES string of the molecule is CCCNc1cncc(Nc2ccc(F)cc2I)n1. The van der Waals surface area contributed by atoms with Crippen LogP contribution in [0.15, 0.2) is 30.6 Å². The van der Waals surface area contributed by atoms with Gasteiger partial charge in [0.1, 0.15) is 11.6 Å². The Kier molecular flexibility index (Phi) is 4.89. The molecular weight excluding hydrogens is 358 g/mol. The summed E-state index contributed by atoms with van der Waals surface area (Å²) in [7, 11) is 0. The number of nitrogens with one attached hydrogen (secondary N) is 2. The predicted molar refractivity (Wildman–Crippen MR) is 83.2 cm³/mol. The zero-order valence-electron chi connectivity index (χ0n) is 10.5.